The fourth-order valence-electron chi connectivity index (χ4n) is 1.22. The van der Waals surface area contributed by atoms with Gasteiger partial charge in [0.2, 0.25) is 15.9 Å². The molecule has 9 heteroatoms. The highest BCUT2D eigenvalue weighted by atomic mass is 32.2. The number of carboxylic acid groups (broad SMARTS) is 1. The Balaban J connectivity index is 4.11. The largest absolute Gasteiger partial charge is 0.480 e. The Hall–Kier alpha value is -1.19. The molecular formula is C10H20N2O6S. The van der Waals surface area contributed by atoms with Crippen molar-refractivity contribution in [2.45, 2.75) is 25.8 Å². The molecule has 0 aliphatic carbocycles. The Bertz CT molecular complexity index is 395. The van der Waals surface area contributed by atoms with Crippen LogP contribution in [0.15, 0.2) is 0 Å². The summed E-state index contributed by atoms with van der Waals surface area (Å²) in [6.07, 6.45) is 0.543. The van der Waals surface area contributed by atoms with Gasteiger partial charge in [-0.15, -0.1) is 0 Å². The van der Waals surface area contributed by atoms with Crippen molar-refractivity contribution in [1.29, 1.82) is 0 Å². The number of carbonyl (C=O) groups excluding carboxylic acids is 1. The summed E-state index contributed by atoms with van der Waals surface area (Å²) in [5.74, 6) is -1.98. The summed E-state index contributed by atoms with van der Waals surface area (Å²) in [7, 11) is -2.09. The summed E-state index contributed by atoms with van der Waals surface area (Å²) in [5.41, 5.74) is 0. The van der Waals surface area contributed by atoms with Crippen LogP contribution in [0.4, 0.5) is 0 Å². The minimum Gasteiger partial charge on any atom is -0.480 e. The smallest absolute Gasteiger partial charge is 0.326 e. The zero-order valence-corrected chi connectivity index (χ0v) is 11.8. The van der Waals surface area contributed by atoms with Crippen LogP contribution in [-0.2, 0) is 24.3 Å². The average Bonchev–Trinajstić information content (AvgIpc) is 2.33. The number of methoxy groups -OCH3 is 1. The molecule has 0 aliphatic rings. The lowest BCUT2D eigenvalue weighted by atomic mass is 10.2. The van der Waals surface area contributed by atoms with Crippen molar-refractivity contribution in [3.63, 3.8) is 0 Å². The summed E-state index contributed by atoms with van der Waals surface area (Å²) in [6, 6.07) is -1.01. The van der Waals surface area contributed by atoms with E-state index >= 15 is 0 Å². The van der Waals surface area contributed by atoms with Crippen molar-refractivity contribution in [3.8, 4) is 0 Å². The van der Waals surface area contributed by atoms with Gasteiger partial charge in [0.25, 0.3) is 0 Å². The first-order valence-electron chi connectivity index (χ1n) is 5.80. The van der Waals surface area contributed by atoms with Crippen LogP contribution in [0.1, 0.15) is 19.8 Å². The van der Waals surface area contributed by atoms with Gasteiger partial charge in [0.05, 0.1) is 12.3 Å². The van der Waals surface area contributed by atoms with Gasteiger partial charge in [0, 0.05) is 13.7 Å². The van der Waals surface area contributed by atoms with Crippen molar-refractivity contribution in [3.05, 3.63) is 0 Å². The summed E-state index contributed by atoms with van der Waals surface area (Å²) < 4.78 is 29.7. The van der Waals surface area contributed by atoms with Crippen LogP contribution in [0.2, 0.25) is 0 Å². The highest BCUT2D eigenvalue weighted by Gasteiger charge is 2.18. The molecular weight excluding hydrogens is 276 g/mol. The number of carbonyl (C=O) groups is 2. The van der Waals surface area contributed by atoms with E-state index in [1.165, 1.54) is 7.11 Å². The summed E-state index contributed by atoms with van der Waals surface area (Å²) in [4.78, 5) is 22.0. The Kier molecular flexibility index (Phi) is 8.28. The number of aliphatic carboxylic acids is 1. The molecule has 0 heterocycles. The molecule has 0 spiro atoms. The van der Waals surface area contributed by atoms with Crippen LogP contribution in [0.5, 0.6) is 0 Å². The van der Waals surface area contributed by atoms with E-state index in [0.717, 1.165) is 0 Å². The predicted octanol–water partition coefficient (Wildman–Crippen LogP) is -1.08. The lowest BCUT2D eigenvalue weighted by Crippen LogP contribution is -2.45. The number of rotatable bonds is 10. The minimum atomic E-state index is -3.55. The molecule has 112 valence electrons. The maximum atomic E-state index is 11.4. The Morgan fingerprint density at radius 1 is 1.37 bits per heavy atom. The molecule has 0 bridgehead atoms. The maximum Gasteiger partial charge on any atom is 0.326 e. The molecule has 0 saturated heterocycles. The molecule has 0 aliphatic heterocycles. The SMILES string of the molecule is CCC(NC(=O)CNS(=O)(=O)CCCOC)C(=O)O. The van der Waals surface area contributed by atoms with Crippen LogP contribution >= 0.6 is 0 Å². The molecule has 0 aromatic rings. The average molecular weight is 296 g/mol. The molecule has 19 heavy (non-hydrogen) atoms. The lowest BCUT2D eigenvalue weighted by Gasteiger charge is -2.12. The molecule has 1 atom stereocenters. The molecule has 8 nitrogen and oxygen atoms in total. The zero-order chi connectivity index (χ0) is 14.9. The number of hydrogen-bond donors (Lipinski definition) is 3. The van der Waals surface area contributed by atoms with Crippen LogP contribution < -0.4 is 10.0 Å². The number of amides is 1. The van der Waals surface area contributed by atoms with E-state index < -0.39 is 34.5 Å². The van der Waals surface area contributed by atoms with Crippen LogP contribution in [0.25, 0.3) is 0 Å². The van der Waals surface area contributed by atoms with Crippen molar-refractivity contribution >= 4 is 21.9 Å². The standard InChI is InChI=1S/C10H20N2O6S/c1-3-8(10(14)15)12-9(13)7-11-19(16,17)6-4-5-18-2/h8,11H,3-7H2,1-2H3,(H,12,13)(H,14,15). The first kappa shape index (κ1) is 17.8. The fraction of sp³-hybridized carbons (Fsp3) is 0.800. The van der Waals surface area contributed by atoms with Crippen molar-refractivity contribution in [1.82, 2.24) is 10.0 Å². The first-order valence-corrected chi connectivity index (χ1v) is 7.46. The Morgan fingerprint density at radius 3 is 2.47 bits per heavy atom. The molecule has 0 radical (unpaired) electrons. The minimum absolute atomic E-state index is 0.149. The quantitative estimate of drug-likeness (QED) is 0.441. The van der Waals surface area contributed by atoms with Crippen LogP contribution in [-0.4, -0.2) is 57.5 Å². The van der Waals surface area contributed by atoms with Gasteiger partial charge in [-0.1, -0.05) is 6.92 Å². The monoisotopic (exact) mass is 296 g/mol. The number of nitrogens with one attached hydrogen (secondary N) is 2. The summed E-state index contributed by atoms with van der Waals surface area (Å²) in [5, 5.41) is 10.9. The van der Waals surface area contributed by atoms with Crippen molar-refractivity contribution in [2.75, 3.05) is 26.0 Å². The molecule has 3 N–H and O–H groups in total. The van der Waals surface area contributed by atoms with E-state index in [-0.39, 0.29) is 12.2 Å². The molecule has 1 amide bonds. The van der Waals surface area contributed by atoms with Gasteiger partial charge in [0.1, 0.15) is 6.04 Å². The topological polar surface area (TPSA) is 122 Å². The number of carboxylic acids is 1. The van der Waals surface area contributed by atoms with Gasteiger partial charge in [0.15, 0.2) is 0 Å². The van der Waals surface area contributed by atoms with Gasteiger partial charge in [-0.25, -0.2) is 17.9 Å². The molecule has 0 aromatic heterocycles. The predicted molar refractivity (Wildman–Crippen MR) is 68.1 cm³/mol. The third-order valence-electron chi connectivity index (χ3n) is 2.26. The van der Waals surface area contributed by atoms with E-state index in [2.05, 4.69) is 10.0 Å². The second-order valence-corrected chi connectivity index (χ2v) is 5.78. The van der Waals surface area contributed by atoms with Crippen LogP contribution in [0, 0.1) is 0 Å². The zero-order valence-electron chi connectivity index (χ0n) is 11.0. The first-order chi connectivity index (χ1) is 8.82. The summed E-state index contributed by atoms with van der Waals surface area (Å²) >= 11 is 0. The number of ether oxygens (including phenoxy) is 1. The van der Waals surface area contributed by atoms with E-state index in [9.17, 15) is 18.0 Å². The van der Waals surface area contributed by atoms with Gasteiger partial charge in [-0.2, -0.15) is 0 Å². The third-order valence-corrected chi connectivity index (χ3v) is 3.67. The molecule has 0 aromatic carbocycles. The van der Waals surface area contributed by atoms with E-state index in [1.54, 1.807) is 6.92 Å². The fourth-order valence-corrected chi connectivity index (χ4v) is 2.22. The number of sulfonamides is 1. The molecule has 0 rings (SSSR count). The van der Waals surface area contributed by atoms with Crippen molar-refractivity contribution in [2.24, 2.45) is 0 Å². The molecule has 0 fully saturated rings. The molecule has 1 unspecified atom stereocenters. The lowest BCUT2D eigenvalue weighted by molar-refractivity contribution is -0.141. The summed E-state index contributed by atoms with van der Waals surface area (Å²) in [6.45, 7) is 1.44. The highest BCUT2D eigenvalue weighted by molar-refractivity contribution is 7.89. The van der Waals surface area contributed by atoms with Gasteiger partial charge >= 0.3 is 5.97 Å². The van der Waals surface area contributed by atoms with E-state index in [1.807, 2.05) is 0 Å². The van der Waals surface area contributed by atoms with Crippen molar-refractivity contribution < 1.29 is 27.9 Å². The third kappa shape index (κ3) is 8.51. The van der Waals surface area contributed by atoms with Crippen LogP contribution in [0.3, 0.4) is 0 Å². The van der Waals surface area contributed by atoms with Gasteiger partial charge < -0.3 is 15.2 Å². The van der Waals surface area contributed by atoms with E-state index in [0.29, 0.717) is 13.0 Å². The maximum absolute atomic E-state index is 11.4. The second kappa shape index (κ2) is 8.83. The number of hydrogen-bond acceptors (Lipinski definition) is 5. The highest BCUT2D eigenvalue weighted by Crippen LogP contribution is 1.92. The Labute approximate surface area is 112 Å². The second-order valence-electron chi connectivity index (χ2n) is 3.85. The molecule has 0 saturated carbocycles. The van der Waals surface area contributed by atoms with E-state index in [4.69, 9.17) is 9.84 Å². The van der Waals surface area contributed by atoms with Gasteiger partial charge in [-0.3, -0.25) is 4.79 Å². The Morgan fingerprint density at radius 2 is 2.00 bits per heavy atom. The van der Waals surface area contributed by atoms with Gasteiger partial charge in [-0.05, 0) is 12.8 Å². The normalized spacial score (nSPS) is 12.9.